The van der Waals surface area contributed by atoms with Crippen LogP contribution < -0.4 is 5.32 Å². The van der Waals surface area contributed by atoms with Gasteiger partial charge in [0, 0.05) is 23.7 Å². The Labute approximate surface area is 127 Å². The molecule has 0 aliphatic carbocycles. The molecule has 2 heterocycles. The zero-order valence-electron chi connectivity index (χ0n) is 11.7. The van der Waals surface area contributed by atoms with Crippen molar-refractivity contribution in [2.24, 2.45) is 0 Å². The molecule has 7 heteroatoms. The van der Waals surface area contributed by atoms with Gasteiger partial charge in [-0.15, -0.1) is 6.42 Å². The van der Waals surface area contributed by atoms with Crippen LogP contribution in [0, 0.1) is 12.3 Å². The van der Waals surface area contributed by atoms with E-state index in [4.69, 9.17) is 6.42 Å². The zero-order valence-corrected chi connectivity index (χ0v) is 12.5. The molecule has 0 amide bonds. The fraction of sp³-hybridized carbons (Fsp3) is 0.0667. The molecule has 0 saturated heterocycles. The predicted molar refractivity (Wildman–Crippen MR) is 84.7 cm³/mol. The van der Waals surface area contributed by atoms with E-state index in [1.807, 2.05) is 12.1 Å². The van der Waals surface area contributed by atoms with E-state index in [1.165, 1.54) is 12.5 Å². The third-order valence-electron chi connectivity index (χ3n) is 3.13. The van der Waals surface area contributed by atoms with Crippen LogP contribution in [0.5, 0.6) is 0 Å². The Bertz CT molecular complexity index is 1000. The number of aromatic amines is 1. The van der Waals surface area contributed by atoms with Gasteiger partial charge in [0.05, 0.1) is 10.3 Å². The maximum absolute atomic E-state index is 11.9. The first-order valence-corrected chi connectivity index (χ1v) is 8.24. The van der Waals surface area contributed by atoms with Gasteiger partial charge >= 0.3 is 0 Å². The van der Waals surface area contributed by atoms with Gasteiger partial charge in [0.15, 0.2) is 9.84 Å². The zero-order chi connectivity index (χ0) is 15.7. The summed E-state index contributed by atoms with van der Waals surface area (Å²) in [5, 5.41) is 3.52. The molecule has 0 radical (unpaired) electrons. The molecule has 0 unspecified atom stereocenters. The first kappa shape index (κ1) is 14.1. The Kier molecular flexibility index (Phi) is 3.31. The smallest absolute Gasteiger partial charge is 0.177 e. The average Bonchev–Trinajstić information content (AvgIpc) is 2.93. The van der Waals surface area contributed by atoms with Gasteiger partial charge in [0.25, 0.3) is 0 Å². The number of sulfone groups is 1. The third kappa shape index (κ3) is 2.52. The van der Waals surface area contributed by atoms with E-state index in [-0.39, 0.29) is 4.90 Å². The Morgan fingerprint density at radius 1 is 1.32 bits per heavy atom. The fourth-order valence-corrected chi connectivity index (χ4v) is 2.98. The van der Waals surface area contributed by atoms with Gasteiger partial charge in [-0.05, 0) is 18.2 Å². The lowest BCUT2D eigenvalue weighted by atomic mass is 10.2. The maximum atomic E-state index is 11.9. The molecular formula is C15H12N4O2S. The van der Waals surface area contributed by atoms with Crippen LogP contribution in [0.1, 0.15) is 5.56 Å². The van der Waals surface area contributed by atoms with Crippen molar-refractivity contribution in [1.29, 1.82) is 0 Å². The van der Waals surface area contributed by atoms with Crippen LogP contribution in [-0.4, -0.2) is 29.6 Å². The number of nitrogens with one attached hydrogen (secondary N) is 2. The number of anilines is 2. The molecular weight excluding hydrogens is 300 g/mol. The van der Waals surface area contributed by atoms with Crippen LogP contribution in [0.4, 0.5) is 11.5 Å². The Hall–Kier alpha value is -2.85. The molecule has 110 valence electrons. The van der Waals surface area contributed by atoms with Gasteiger partial charge < -0.3 is 10.3 Å². The van der Waals surface area contributed by atoms with Crippen LogP contribution in [0.25, 0.3) is 11.0 Å². The average molecular weight is 312 g/mol. The molecule has 0 bridgehead atoms. The van der Waals surface area contributed by atoms with E-state index in [0.29, 0.717) is 22.4 Å². The van der Waals surface area contributed by atoms with Crippen molar-refractivity contribution >= 4 is 32.4 Å². The van der Waals surface area contributed by atoms with Gasteiger partial charge in [0.2, 0.25) is 0 Å². The maximum Gasteiger partial charge on any atom is 0.177 e. The molecule has 6 nitrogen and oxygen atoms in total. The molecule has 0 aliphatic heterocycles. The second-order valence-electron chi connectivity index (χ2n) is 4.72. The summed E-state index contributed by atoms with van der Waals surface area (Å²) in [6.45, 7) is 0. The molecule has 0 aliphatic rings. The number of hydrogen-bond donors (Lipinski definition) is 2. The summed E-state index contributed by atoms with van der Waals surface area (Å²) in [5.74, 6) is 2.95. The second kappa shape index (κ2) is 5.16. The molecule has 3 aromatic rings. The van der Waals surface area contributed by atoms with Crippen molar-refractivity contribution in [3.63, 3.8) is 0 Å². The van der Waals surface area contributed by atoms with Crippen LogP contribution in [0.3, 0.4) is 0 Å². The number of nitrogens with zero attached hydrogens (tertiary/aromatic N) is 2. The highest BCUT2D eigenvalue weighted by Gasteiger charge is 2.18. The normalized spacial score (nSPS) is 11.3. The quantitative estimate of drug-likeness (QED) is 0.723. The van der Waals surface area contributed by atoms with Crippen molar-refractivity contribution in [2.75, 3.05) is 11.6 Å². The summed E-state index contributed by atoms with van der Waals surface area (Å²) in [6.07, 6.45) is 9.30. The Morgan fingerprint density at radius 3 is 2.86 bits per heavy atom. The number of hydrogen-bond acceptors (Lipinski definition) is 5. The Balaban J connectivity index is 2.15. The lowest BCUT2D eigenvalue weighted by Gasteiger charge is -2.08. The number of rotatable bonds is 3. The topological polar surface area (TPSA) is 87.7 Å². The van der Waals surface area contributed by atoms with Crippen LogP contribution in [0.2, 0.25) is 0 Å². The lowest BCUT2D eigenvalue weighted by molar-refractivity contribution is 0.602. The minimum absolute atomic E-state index is 0.152. The van der Waals surface area contributed by atoms with Crippen molar-refractivity contribution < 1.29 is 8.42 Å². The van der Waals surface area contributed by atoms with Crippen molar-refractivity contribution in [3.05, 3.63) is 42.4 Å². The number of H-pyrrole nitrogens is 1. The Morgan fingerprint density at radius 2 is 2.14 bits per heavy atom. The predicted octanol–water partition coefficient (Wildman–Crippen LogP) is 2.09. The number of benzene rings is 1. The number of fused-ring (bicyclic) bond motifs is 1. The van der Waals surface area contributed by atoms with E-state index < -0.39 is 9.84 Å². The van der Waals surface area contributed by atoms with Crippen LogP contribution in [0.15, 0.2) is 41.7 Å². The molecule has 0 saturated carbocycles. The summed E-state index contributed by atoms with van der Waals surface area (Å²) >= 11 is 0. The highest BCUT2D eigenvalue weighted by molar-refractivity contribution is 7.91. The minimum atomic E-state index is -3.40. The van der Waals surface area contributed by atoms with Gasteiger partial charge in [-0.3, -0.25) is 0 Å². The lowest BCUT2D eigenvalue weighted by Crippen LogP contribution is -2.00. The van der Waals surface area contributed by atoms with Crippen molar-refractivity contribution in [2.45, 2.75) is 4.90 Å². The molecule has 22 heavy (non-hydrogen) atoms. The van der Waals surface area contributed by atoms with E-state index in [1.54, 1.807) is 12.1 Å². The van der Waals surface area contributed by atoms with E-state index in [9.17, 15) is 8.42 Å². The number of terminal acetylenes is 1. The first-order valence-electron chi connectivity index (χ1n) is 6.35. The monoisotopic (exact) mass is 312 g/mol. The van der Waals surface area contributed by atoms with Crippen LogP contribution >= 0.6 is 0 Å². The molecule has 0 atom stereocenters. The van der Waals surface area contributed by atoms with Gasteiger partial charge in [-0.1, -0.05) is 12.0 Å². The summed E-state index contributed by atoms with van der Waals surface area (Å²) in [5.41, 5.74) is 1.88. The largest absolute Gasteiger partial charge is 0.345 e. The summed E-state index contributed by atoms with van der Waals surface area (Å²) < 4.78 is 23.8. The van der Waals surface area contributed by atoms with Crippen molar-refractivity contribution in [1.82, 2.24) is 15.0 Å². The second-order valence-corrected chi connectivity index (χ2v) is 6.71. The van der Waals surface area contributed by atoms with E-state index in [2.05, 4.69) is 26.2 Å². The van der Waals surface area contributed by atoms with Gasteiger partial charge in [-0.2, -0.15) is 0 Å². The standard InChI is InChI=1S/C15H12N4O2S/c1-3-10-5-4-6-11(7-10)19-15-13-12(22(2,20)21)8-16-14(13)17-9-18-15/h1,4-9H,2H3,(H2,16,17,18,19). The summed E-state index contributed by atoms with van der Waals surface area (Å²) in [7, 11) is -3.40. The summed E-state index contributed by atoms with van der Waals surface area (Å²) in [6, 6.07) is 7.21. The molecule has 2 N–H and O–H groups in total. The van der Waals surface area contributed by atoms with Crippen LogP contribution in [-0.2, 0) is 9.84 Å². The van der Waals surface area contributed by atoms with Crippen molar-refractivity contribution in [3.8, 4) is 12.3 Å². The summed E-state index contributed by atoms with van der Waals surface area (Å²) in [4.78, 5) is 11.2. The molecule has 0 fully saturated rings. The van der Waals surface area contributed by atoms with E-state index in [0.717, 1.165) is 11.9 Å². The highest BCUT2D eigenvalue weighted by Crippen LogP contribution is 2.29. The van der Waals surface area contributed by atoms with E-state index >= 15 is 0 Å². The molecule has 3 rings (SSSR count). The SMILES string of the molecule is C#Cc1cccc(Nc2ncnc3[nH]cc(S(C)(=O)=O)c23)c1. The number of aromatic nitrogens is 3. The minimum Gasteiger partial charge on any atom is -0.345 e. The molecule has 0 spiro atoms. The third-order valence-corrected chi connectivity index (χ3v) is 4.25. The fourth-order valence-electron chi connectivity index (χ4n) is 2.15. The molecule has 1 aromatic carbocycles. The van der Waals surface area contributed by atoms with Gasteiger partial charge in [-0.25, -0.2) is 18.4 Å². The first-order chi connectivity index (χ1) is 10.5. The van der Waals surface area contributed by atoms with Gasteiger partial charge in [0.1, 0.15) is 17.8 Å². The highest BCUT2D eigenvalue weighted by atomic mass is 32.2. The molecule has 2 aromatic heterocycles.